The number of aromatic nitrogens is 1. The number of nitrogens with zero attached hydrogens (tertiary/aromatic N) is 3. The predicted octanol–water partition coefficient (Wildman–Crippen LogP) is 5.28. The second kappa shape index (κ2) is 9.23. The van der Waals surface area contributed by atoms with Gasteiger partial charge in [0.15, 0.2) is 5.11 Å². The van der Waals surface area contributed by atoms with E-state index in [2.05, 4.69) is 10.3 Å². The molecule has 0 bridgehead atoms. The second-order valence-electron chi connectivity index (χ2n) is 8.50. The van der Waals surface area contributed by atoms with E-state index in [-0.39, 0.29) is 17.6 Å². The van der Waals surface area contributed by atoms with E-state index in [1.54, 1.807) is 24.4 Å². The molecule has 0 aliphatic carbocycles. The average molecular weight is 485 g/mol. The van der Waals surface area contributed by atoms with Crippen molar-refractivity contribution in [3.63, 3.8) is 0 Å². The molecule has 1 aliphatic rings. The van der Waals surface area contributed by atoms with Crippen LogP contribution in [0.5, 0.6) is 0 Å². The topological polar surface area (TPSA) is 81.8 Å². The molecule has 8 heteroatoms. The fourth-order valence-electron chi connectivity index (χ4n) is 4.31. The summed E-state index contributed by atoms with van der Waals surface area (Å²) in [7, 11) is 4.00. The highest BCUT2D eigenvalue weighted by atomic mass is 32.1. The third-order valence-electron chi connectivity index (χ3n) is 6.05. The molecule has 0 radical (unpaired) electrons. The second-order valence-corrected chi connectivity index (χ2v) is 8.88. The molecule has 0 spiro atoms. The molecule has 1 fully saturated rings. The first-order chi connectivity index (χ1) is 16.9. The Labute approximate surface area is 208 Å². The summed E-state index contributed by atoms with van der Waals surface area (Å²) >= 11 is 5.78. The Morgan fingerprint density at radius 3 is 2.54 bits per heavy atom. The highest BCUT2D eigenvalue weighted by Crippen LogP contribution is 2.43. The van der Waals surface area contributed by atoms with Crippen LogP contribution in [-0.2, 0) is 0 Å². The Balaban J connectivity index is 1.57. The number of furan rings is 1. The van der Waals surface area contributed by atoms with Gasteiger partial charge < -0.3 is 24.6 Å². The largest absolute Gasteiger partial charge is 0.478 e. The van der Waals surface area contributed by atoms with E-state index in [9.17, 15) is 9.90 Å². The SMILES string of the molecule is CN(C)c1ccc(N2C(=S)N[C@H](c3ccccn3)[C@@H]2c2ccc(-c3cccc(C(=O)O)c3)o2)cc1. The van der Waals surface area contributed by atoms with E-state index >= 15 is 0 Å². The highest BCUT2D eigenvalue weighted by Gasteiger charge is 2.42. The smallest absolute Gasteiger partial charge is 0.335 e. The molecular weight excluding hydrogens is 460 g/mol. The van der Waals surface area contributed by atoms with Gasteiger partial charge in [-0.15, -0.1) is 0 Å². The fraction of sp³-hybridized carbons (Fsp3) is 0.148. The van der Waals surface area contributed by atoms with E-state index in [1.807, 2.05) is 84.6 Å². The monoisotopic (exact) mass is 484 g/mol. The molecule has 0 amide bonds. The van der Waals surface area contributed by atoms with Gasteiger partial charge in [0, 0.05) is 37.2 Å². The van der Waals surface area contributed by atoms with Crippen LogP contribution in [0.25, 0.3) is 11.3 Å². The molecule has 1 saturated heterocycles. The van der Waals surface area contributed by atoms with Crippen LogP contribution in [0, 0.1) is 0 Å². The molecule has 2 aromatic heterocycles. The standard InChI is InChI=1S/C27H24N4O3S/c1-30(2)19-9-11-20(12-10-19)31-25(24(29-27(31)35)21-8-3-4-15-28-21)23-14-13-22(34-23)17-6-5-7-18(16-17)26(32)33/h3-16,24-25H,1-2H3,(H,29,35)(H,32,33)/t24-,25+/m1/s1. The summed E-state index contributed by atoms with van der Waals surface area (Å²) in [5.74, 6) is 0.301. The van der Waals surface area contributed by atoms with E-state index in [1.165, 1.54) is 0 Å². The van der Waals surface area contributed by atoms with Crippen LogP contribution >= 0.6 is 12.2 Å². The predicted molar refractivity (Wildman–Crippen MR) is 140 cm³/mol. The summed E-state index contributed by atoms with van der Waals surface area (Å²) in [6, 6.07) is 23.9. The van der Waals surface area contributed by atoms with E-state index in [4.69, 9.17) is 16.6 Å². The molecule has 176 valence electrons. The minimum Gasteiger partial charge on any atom is -0.478 e. The van der Waals surface area contributed by atoms with Gasteiger partial charge in [0.2, 0.25) is 0 Å². The van der Waals surface area contributed by atoms with Crippen LogP contribution in [0.15, 0.2) is 89.5 Å². The van der Waals surface area contributed by atoms with Crippen LogP contribution < -0.4 is 15.1 Å². The summed E-state index contributed by atoms with van der Waals surface area (Å²) in [4.78, 5) is 20.1. The zero-order valence-corrected chi connectivity index (χ0v) is 20.1. The van der Waals surface area contributed by atoms with Gasteiger partial charge in [-0.1, -0.05) is 18.2 Å². The maximum Gasteiger partial charge on any atom is 0.335 e. The first-order valence-corrected chi connectivity index (χ1v) is 11.5. The van der Waals surface area contributed by atoms with Crippen molar-refractivity contribution in [1.29, 1.82) is 0 Å². The Kier molecular flexibility index (Phi) is 5.96. The molecule has 4 aromatic rings. The van der Waals surface area contributed by atoms with Crippen molar-refractivity contribution in [2.45, 2.75) is 12.1 Å². The lowest BCUT2D eigenvalue weighted by molar-refractivity contribution is 0.0697. The third-order valence-corrected chi connectivity index (χ3v) is 6.37. The lowest BCUT2D eigenvalue weighted by Crippen LogP contribution is -2.29. The molecular formula is C27H24N4O3S. The minimum atomic E-state index is -0.980. The highest BCUT2D eigenvalue weighted by molar-refractivity contribution is 7.80. The summed E-state index contributed by atoms with van der Waals surface area (Å²) in [5, 5.41) is 13.4. The Morgan fingerprint density at radius 1 is 1.06 bits per heavy atom. The zero-order chi connectivity index (χ0) is 24.5. The molecule has 7 nitrogen and oxygen atoms in total. The number of aromatic carboxylic acids is 1. The summed E-state index contributed by atoms with van der Waals surface area (Å²) in [6.45, 7) is 0. The van der Waals surface area contributed by atoms with E-state index < -0.39 is 5.97 Å². The number of pyridine rings is 1. The van der Waals surface area contributed by atoms with Gasteiger partial charge in [-0.2, -0.15) is 0 Å². The van der Waals surface area contributed by atoms with Crippen LogP contribution in [0.2, 0.25) is 0 Å². The quantitative estimate of drug-likeness (QED) is 0.358. The molecule has 0 unspecified atom stereocenters. The molecule has 2 atom stereocenters. The number of hydrogen-bond acceptors (Lipinski definition) is 5. The maximum absolute atomic E-state index is 11.4. The van der Waals surface area contributed by atoms with Gasteiger partial charge in [-0.05, 0) is 72.9 Å². The van der Waals surface area contributed by atoms with Crippen molar-refractivity contribution in [1.82, 2.24) is 10.3 Å². The van der Waals surface area contributed by atoms with Crippen LogP contribution in [0.4, 0.5) is 11.4 Å². The van der Waals surface area contributed by atoms with E-state index in [0.29, 0.717) is 22.2 Å². The molecule has 1 aliphatic heterocycles. The van der Waals surface area contributed by atoms with Crippen molar-refractivity contribution in [2.24, 2.45) is 0 Å². The lowest BCUT2D eigenvalue weighted by atomic mass is 10.0. The maximum atomic E-state index is 11.4. The lowest BCUT2D eigenvalue weighted by Gasteiger charge is -2.26. The van der Waals surface area contributed by atoms with Gasteiger partial charge in [-0.3, -0.25) is 4.98 Å². The van der Waals surface area contributed by atoms with Crippen LogP contribution in [-0.4, -0.2) is 35.3 Å². The van der Waals surface area contributed by atoms with Gasteiger partial charge in [-0.25, -0.2) is 4.79 Å². The Hall–Kier alpha value is -4.17. The van der Waals surface area contributed by atoms with Crippen molar-refractivity contribution in [3.05, 3.63) is 102 Å². The van der Waals surface area contributed by atoms with Crippen LogP contribution in [0.3, 0.4) is 0 Å². The Bertz CT molecular complexity index is 1370. The number of thiocarbonyl (C=S) groups is 1. The molecule has 35 heavy (non-hydrogen) atoms. The molecule has 2 N–H and O–H groups in total. The number of rotatable bonds is 6. The molecule has 0 saturated carbocycles. The molecule has 2 aromatic carbocycles. The van der Waals surface area contributed by atoms with Crippen molar-refractivity contribution >= 4 is 34.7 Å². The first kappa shape index (κ1) is 22.6. The van der Waals surface area contributed by atoms with Crippen LogP contribution in [0.1, 0.15) is 33.9 Å². The van der Waals surface area contributed by atoms with Gasteiger partial charge in [0.25, 0.3) is 0 Å². The number of benzene rings is 2. The summed E-state index contributed by atoms with van der Waals surface area (Å²) < 4.78 is 6.33. The zero-order valence-electron chi connectivity index (χ0n) is 19.3. The van der Waals surface area contributed by atoms with Crippen molar-refractivity contribution in [3.8, 4) is 11.3 Å². The number of hydrogen-bond donors (Lipinski definition) is 2. The van der Waals surface area contributed by atoms with Crippen molar-refractivity contribution < 1.29 is 14.3 Å². The van der Waals surface area contributed by atoms with Gasteiger partial charge in [0.1, 0.15) is 17.6 Å². The fourth-order valence-corrected chi connectivity index (χ4v) is 4.65. The number of carbonyl (C=O) groups is 1. The summed E-state index contributed by atoms with van der Waals surface area (Å²) in [5.41, 5.74) is 3.77. The average Bonchev–Trinajstić information content (AvgIpc) is 3.49. The molecule has 5 rings (SSSR count). The van der Waals surface area contributed by atoms with Gasteiger partial charge >= 0.3 is 5.97 Å². The molecule has 3 heterocycles. The number of nitrogens with one attached hydrogen (secondary N) is 1. The number of carboxylic acids is 1. The number of anilines is 2. The summed E-state index contributed by atoms with van der Waals surface area (Å²) in [6.07, 6.45) is 1.76. The normalized spacial score (nSPS) is 17.3. The van der Waals surface area contributed by atoms with Crippen molar-refractivity contribution in [2.75, 3.05) is 23.9 Å². The van der Waals surface area contributed by atoms with E-state index in [0.717, 1.165) is 17.1 Å². The third kappa shape index (κ3) is 4.36. The minimum absolute atomic E-state index is 0.207. The Morgan fingerprint density at radius 2 is 1.86 bits per heavy atom. The van der Waals surface area contributed by atoms with Gasteiger partial charge in [0.05, 0.1) is 17.3 Å². The number of carboxylic acid groups (broad SMARTS) is 1. The first-order valence-electron chi connectivity index (χ1n) is 11.1.